The highest BCUT2D eigenvalue weighted by Gasteiger charge is 2.22. The van der Waals surface area contributed by atoms with Gasteiger partial charge in [-0.05, 0) is 26.0 Å². The molecule has 0 atom stereocenters. The fourth-order valence-corrected chi connectivity index (χ4v) is 3.80. The predicted octanol–water partition coefficient (Wildman–Crippen LogP) is 2.03. The lowest BCUT2D eigenvalue weighted by Crippen LogP contribution is -2.42. The molecule has 0 spiro atoms. The quantitative estimate of drug-likeness (QED) is 0.726. The lowest BCUT2D eigenvalue weighted by Gasteiger charge is -2.26. The molecule has 3 amide bonds. The monoisotopic (exact) mass is 430 g/mol. The van der Waals surface area contributed by atoms with Gasteiger partial charge in [0.25, 0.3) is 5.91 Å². The van der Waals surface area contributed by atoms with E-state index in [1.165, 1.54) is 16.2 Å². The number of carbonyl (C=O) groups is 3. The third kappa shape index (κ3) is 5.87. The van der Waals surface area contributed by atoms with Crippen molar-refractivity contribution in [3.63, 3.8) is 0 Å². The molecule has 1 saturated heterocycles. The summed E-state index contributed by atoms with van der Waals surface area (Å²) >= 11 is 1.26. The molecule has 8 nitrogen and oxygen atoms in total. The second-order valence-electron chi connectivity index (χ2n) is 7.25. The molecule has 9 heteroatoms. The van der Waals surface area contributed by atoms with Gasteiger partial charge in [-0.2, -0.15) is 0 Å². The Morgan fingerprint density at radius 3 is 2.57 bits per heavy atom. The van der Waals surface area contributed by atoms with E-state index in [9.17, 15) is 14.4 Å². The van der Waals surface area contributed by atoms with Gasteiger partial charge >= 0.3 is 0 Å². The number of thiazole rings is 1. The number of hydrogen-bond donors (Lipinski definition) is 1. The molecule has 1 aromatic carbocycles. The van der Waals surface area contributed by atoms with Crippen molar-refractivity contribution in [2.45, 2.75) is 26.3 Å². The third-order valence-electron chi connectivity index (χ3n) is 4.71. The van der Waals surface area contributed by atoms with Gasteiger partial charge in [0.1, 0.15) is 6.54 Å². The Balaban J connectivity index is 1.56. The first-order valence-corrected chi connectivity index (χ1v) is 10.8. The van der Waals surface area contributed by atoms with Crippen LogP contribution >= 0.6 is 11.3 Å². The van der Waals surface area contributed by atoms with E-state index >= 15 is 0 Å². The van der Waals surface area contributed by atoms with E-state index in [0.717, 1.165) is 0 Å². The number of morpholine rings is 1. The fraction of sp³-hybridized carbons (Fsp3) is 0.429. The largest absolute Gasteiger partial charge is 0.378 e. The van der Waals surface area contributed by atoms with Crippen molar-refractivity contribution in [1.29, 1.82) is 0 Å². The first kappa shape index (κ1) is 21.9. The molecule has 1 N–H and O–H groups in total. The Bertz CT molecular complexity index is 878. The lowest BCUT2D eigenvalue weighted by molar-refractivity contribution is -0.134. The number of nitrogens with zero attached hydrogens (tertiary/aromatic N) is 3. The molecule has 0 saturated carbocycles. The van der Waals surface area contributed by atoms with Gasteiger partial charge < -0.3 is 19.9 Å². The molecule has 0 aliphatic carbocycles. The SMILES string of the molecule is CC(C)N(CC(=O)Nc1nc(CC(=O)N2CCOCC2)cs1)C(=O)c1ccccc1. The Kier molecular flexibility index (Phi) is 7.53. The van der Waals surface area contributed by atoms with Crippen LogP contribution < -0.4 is 5.32 Å². The van der Waals surface area contributed by atoms with Gasteiger partial charge in [0.15, 0.2) is 5.13 Å². The molecule has 1 aliphatic rings. The maximum atomic E-state index is 12.7. The Morgan fingerprint density at radius 1 is 1.20 bits per heavy atom. The van der Waals surface area contributed by atoms with Crippen LogP contribution in [0, 0.1) is 0 Å². The van der Waals surface area contributed by atoms with E-state index in [-0.39, 0.29) is 36.7 Å². The van der Waals surface area contributed by atoms with Crippen LogP contribution in [0.2, 0.25) is 0 Å². The minimum atomic E-state index is -0.326. The van der Waals surface area contributed by atoms with Crippen molar-refractivity contribution in [2.24, 2.45) is 0 Å². The van der Waals surface area contributed by atoms with Crippen LogP contribution in [-0.2, 0) is 20.7 Å². The molecule has 1 fully saturated rings. The summed E-state index contributed by atoms with van der Waals surface area (Å²) in [5.41, 5.74) is 1.16. The van der Waals surface area contributed by atoms with Crippen LogP contribution in [0.15, 0.2) is 35.7 Å². The minimum Gasteiger partial charge on any atom is -0.378 e. The lowest BCUT2D eigenvalue weighted by atomic mass is 10.1. The average molecular weight is 431 g/mol. The molecule has 0 radical (unpaired) electrons. The molecule has 0 bridgehead atoms. The Morgan fingerprint density at radius 2 is 1.90 bits per heavy atom. The van der Waals surface area contributed by atoms with Crippen LogP contribution in [0.3, 0.4) is 0 Å². The number of hydrogen-bond acceptors (Lipinski definition) is 6. The van der Waals surface area contributed by atoms with Gasteiger partial charge in [-0.3, -0.25) is 14.4 Å². The van der Waals surface area contributed by atoms with Crippen molar-refractivity contribution < 1.29 is 19.1 Å². The molecular weight excluding hydrogens is 404 g/mol. The molecule has 1 aromatic heterocycles. The zero-order chi connectivity index (χ0) is 21.5. The number of benzene rings is 1. The normalized spacial score (nSPS) is 13.9. The van der Waals surface area contributed by atoms with Gasteiger partial charge in [0.05, 0.1) is 25.3 Å². The topological polar surface area (TPSA) is 91.8 Å². The average Bonchev–Trinajstić information content (AvgIpc) is 3.19. The second-order valence-corrected chi connectivity index (χ2v) is 8.11. The Labute approximate surface area is 179 Å². The third-order valence-corrected chi connectivity index (χ3v) is 5.52. The van der Waals surface area contributed by atoms with Crippen LogP contribution in [-0.4, -0.2) is 71.4 Å². The maximum absolute atomic E-state index is 12.7. The van der Waals surface area contributed by atoms with Crippen LogP contribution in [0.1, 0.15) is 29.9 Å². The van der Waals surface area contributed by atoms with Gasteiger partial charge in [0.2, 0.25) is 11.8 Å². The summed E-state index contributed by atoms with van der Waals surface area (Å²) in [5.74, 6) is -0.522. The number of anilines is 1. The highest BCUT2D eigenvalue weighted by atomic mass is 32.1. The Hall–Kier alpha value is -2.78. The second kappa shape index (κ2) is 10.3. The summed E-state index contributed by atoms with van der Waals surface area (Å²) in [5, 5.41) is 4.92. The van der Waals surface area contributed by atoms with Gasteiger partial charge in [-0.15, -0.1) is 11.3 Å². The van der Waals surface area contributed by atoms with Crippen molar-refractivity contribution >= 4 is 34.2 Å². The number of amides is 3. The number of rotatable bonds is 7. The zero-order valence-corrected chi connectivity index (χ0v) is 18.0. The molecule has 160 valence electrons. The predicted molar refractivity (Wildman–Crippen MR) is 114 cm³/mol. The summed E-state index contributed by atoms with van der Waals surface area (Å²) in [6.45, 7) is 5.95. The summed E-state index contributed by atoms with van der Waals surface area (Å²) in [6, 6.07) is 8.75. The van der Waals surface area contributed by atoms with Crippen molar-refractivity contribution in [2.75, 3.05) is 38.2 Å². The van der Waals surface area contributed by atoms with Crippen LogP contribution in [0.25, 0.3) is 0 Å². The zero-order valence-electron chi connectivity index (χ0n) is 17.2. The molecule has 0 unspecified atom stereocenters. The first-order valence-electron chi connectivity index (χ1n) is 9.90. The molecule has 2 heterocycles. The molecular formula is C21H26N4O4S. The number of nitrogens with one attached hydrogen (secondary N) is 1. The fourth-order valence-electron chi connectivity index (χ4n) is 3.07. The maximum Gasteiger partial charge on any atom is 0.254 e. The summed E-state index contributed by atoms with van der Waals surface area (Å²) < 4.78 is 5.26. The molecule has 2 aromatic rings. The number of carbonyl (C=O) groups excluding carboxylic acids is 3. The van der Waals surface area contributed by atoms with E-state index in [0.29, 0.717) is 42.7 Å². The van der Waals surface area contributed by atoms with Gasteiger partial charge in [0, 0.05) is 30.1 Å². The minimum absolute atomic E-state index is 0.000849. The number of ether oxygens (including phenoxy) is 1. The number of aromatic nitrogens is 1. The van der Waals surface area contributed by atoms with Gasteiger partial charge in [-0.1, -0.05) is 18.2 Å². The molecule has 3 rings (SSSR count). The highest BCUT2D eigenvalue weighted by Crippen LogP contribution is 2.17. The summed E-state index contributed by atoms with van der Waals surface area (Å²) in [7, 11) is 0. The standard InChI is InChI=1S/C21H26N4O4S/c1-15(2)25(20(28)16-6-4-3-5-7-16)13-18(26)23-21-22-17(14-30-21)12-19(27)24-8-10-29-11-9-24/h3-7,14-15H,8-13H2,1-2H3,(H,22,23,26). The van der Waals surface area contributed by atoms with E-state index in [4.69, 9.17) is 4.74 Å². The molecule has 1 aliphatic heterocycles. The van der Waals surface area contributed by atoms with Crippen LogP contribution in [0.5, 0.6) is 0 Å². The molecule has 30 heavy (non-hydrogen) atoms. The van der Waals surface area contributed by atoms with Gasteiger partial charge in [-0.25, -0.2) is 4.98 Å². The summed E-state index contributed by atoms with van der Waals surface area (Å²) in [6.07, 6.45) is 0.191. The van der Waals surface area contributed by atoms with Crippen molar-refractivity contribution in [1.82, 2.24) is 14.8 Å². The van der Waals surface area contributed by atoms with Crippen molar-refractivity contribution in [3.05, 3.63) is 47.0 Å². The first-order chi connectivity index (χ1) is 14.4. The highest BCUT2D eigenvalue weighted by molar-refractivity contribution is 7.13. The smallest absolute Gasteiger partial charge is 0.254 e. The van der Waals surface area contributed by atoms with E-state index < -0.39 is 0 Å². The van der Waals surface area contributed by atoms with E-state index in [1.807, 2.05) is 19.9 Å². The van der Waals surface area contributed by atoms with E-state index in [2.05, 4.69) is 10.3 Å². The summed E-state index contributed by atoms with van der Waals surface area (Å²) in [4.78, 5) is 45.2. The van der Waals surface area contributed by atoms with E-state index in [1.54, 1.807) is 34.5 Å². The van der Waals surface area contributed by atoms with Crippen LogP contribution in [0.4, 0.5) is 5.13 Å². The van der Waals surface area contributed by atoms with Crippen molar-refractivity contribution in [3.8, 4) is 0 Å².